The molecular weight excluding hydrogens is 657 g/mol. The van der Waals surface area contributed by atoms with Gasteiger partial charge >= 0.3 is 0 Å². The summed E-state index contributed by atoms with van der Waals surface area (Å²) >= 11 is 0. The Bertz CT molecular complexity index is 3290. The lowest BCUT2D eigenvalue weighted by Gasteiger charge is -2.17. The van der Waals surface area contributed by atoms with Crippen LogP contribution in [0.5, 0.6) is 0 Å². The van der Waals surface area contributed by atoms with E-state index in [-0.39, 0.29) is 0 Å². The van der Waals surface area contributed by atoms with Crippen LogP contribution in [0.1, 0.15) is 0 Å². The summed E-state index contributed by atoms with van der Waals surface area (Å²) in [5.74, 6) is 1.31. The van der Waals surface area contributed by atoms with Crippen LogP contribution in [0.3, 0.4) is 0 Å². The highest BCUT2D eigenvalue weighted by atomic mass is 15.0. The van der Waals surface area contributed by atoms with Crippen LogP contribution in [-0.2, 0) is 0 Å². The maximum atomic E-state index is 5.40. The van der Waals surface area contributed by atoms with Gasteiger partial charge in [-0.3, -0.25) is 0 Å². The number of aromatic nitrogens is 4. The smallest absolute Gasteiger partial charge is 0.168 e. The predicted molar refractivity (Wildman–Crippen MR) is 223 cm³/mol. The molecule has 0 N–H and O–H groups in total. The van der Waals surface area contributed by atoms with E-state index in [1.54, 1.807) is 0 Å². The van der Waals surface area contributed by atoms with E-state index in [1.165, 1.54) is 43.4 Å². The quantitative estimate of drug-likeness (QED) is 0.137. The highest BCUT2D eigenvalue weighted by Crippen LogP contribution is 2.48. The maximum absolute atomic E-state index is 5.40. The summed E-state index contributed by atoms with van der Waals surface area (Å²) in [4.78, 5) is 21.3. The molecule has 9 aromatic carbocycles. The fourth-order valence-electron chi connectivity index (χ4n) is 8.89. The van der Waals surface area contributed by atoms with Gasteiger partial charge in [0.15, 0.2) is 17.3 Å². The van der Waals surface area contributed by atoms with Crippen LogP contribution in [0, 0.1) is 0 Å². The van der Waals surface area contributed by atoms with Gasteiger partial charge in [-0.05, 0) is 71.1 Å². The number of rotatable bonds is 3. The van der Waals surface area contributed by atoms with Crippen LogP contribution in [0.4, 0.5) is 0 Å². The maximum Gasteiger partial charge on any atom is 0.168 e. The standard InChI is InChI=1S/C50H28N4/c1-2-14-29(15-3-1)43-36-20-8-10-22-38(36)44(39-23-11-9-21-37(39)43)49-52-47-41-25-13-12-24-40(41)46-45(47)50(54-49)53-48(51-46)30-26-27-35-33-18-5-4-16-31(33)32-17-6-7-19-34(32)42(35)28-30/h1-28H. The summed E-state index contributed by atoms with van der Waals surface area (Å²) in [7, 11) is 0. The summed E-state index contributed by atoms with van der Waals surface area (Å²) < 4.78 is 0. The Kier molecular flexibility index (Phi) is 6.02. The van der Waals surface area contributed by atoms with E-state index in [2.05, 4.69) is 170 Å². The number of nitrogens with zero attached hydrogens (tertiary/aromatic N) is 4. The van der Waals surface area contributed by atoms with E-state index in [9.17, 15) is 0 Å². The van der Waals surface area contributed by atoms with Crippen molar-refractivity contribution in [3.8, 4) is 56.4 Å². The van der Waals surface area contributed by atoms with Crippen molar-refractivity contribution in [3.05, 3.63) is 170 Å². The molecule has 4 heteroatoms. The Morgan fingerprint density at radius 1 is 0.278 bits per heavy atom. The molecule has 54 heavy (non-hydrogen) atoms. The van der Waals surface area contributed by atoms with Gasteiger partial charge in [-0.25, -0.2) is 19.9 Å². The van der Waals surface area contributed by atoms with Gasteiger partial charge in [0, 0.05) is 22.3 Å². The molecule has 0 unspecified atom stereocenters. The summed E-state index contributed by atoms with van der Waals surface area (Å²) in [6.07, 6.45) is 0. The summed E-state index contributed by atoms with van der Waals surface area (Å²) in [6.45, 7) is 0. The SMILES string of the molecule is c1ccc(-c2c3ccccc3c(-c3nc4c5c(nc(-c6ccc7c8ccccc8c8ccccc8c7c6)nc5n3)-c3ccccc3-4)c3ccccc23)cc1. The molecular formula is C50H28N4. The van der Waals surface area contributed by atoms with E-state index >= 15 is 0 Å². The number of fused-ring (bicyclic) bond motifs is 11. The van der Waals surface area contributed by atoms with E-state index in [4.69, 9.17) is 19.9 Å². The minimum Gasteiger partial charge on any atom is -0.227 e. The molecule has 0 radical (unpaired) electrons. The first kappa shape index (κ1) is 29.3. The Morgan fingerprint density at radius 3 is 1.28 bits per heavy atom. The molecule has 0 saturated carbocycles. The first-order chi connectivity index (χ1) is 26.8. The fraction of sp³-hybridized carbons (Fsp3) is 0. The lowest BCUT2D eigenvalue weighted by Crippen LogP contribution is -2.00. The van der Waals surface area contributed by atoms with Gasteiger partial charge in [0.05, 0.1) is 16.8 Å². The Balaban J connectivity index is 1.15. The van der Waals surface area contributed by atoms with Crippen molar-refractivity contribution in [1.82, 2.24) is 19.9 Å². The Morgan fingerprint density at radius 2 is 0.704 bits per heavy atom. The summed E-state index contributed by atoms with van der Waals surface area (Å²) in [5.41, 5.74) is 8.87. The Labute approximate surface area is 310 Å². The molecule has 0 amide bonds. The predicted octanol–water partition coefficient (Wildman–Crippen LogP) is 12.8. The third kappa shape index (κ3) is 4.08. The van der Waals surface area contributed by atoms with Crippen LogP contribution in [0.2, 0.25) is 0 Å². The lowest BCUT2D eigenvalue weighted by atomic mass is 9.88. The number of benzene rings is 9. The minimum atomic E-state index is 0.648. The van der Waals surface area contributed by atoms with E-state index < -0.39 is 0 Å². The van der Waals surface area contributed by atoms with Gasteiger partial charge in [-0.1, -0.05) is 164 Å². The van der Waals surface area contributed by atoms with Crippen molar-refractivity contribution >= 4 is 64.9 Å². The normalized spacial score (nSPS) is 12.1. The molecule has 2 heterocycles. The average molecular weight is 685 g/mol. The van der Waals surface area contributed by atoms with Crippen LogP contribution in [0.25, 0.3) is 121 Å². The molecule has 0 bridgehead atoms. The van der Waals surface area contributed by atoms with Gasteiger partial charge in [0.2, 0.25) is 0 Å². The van der Waals surface area contributed by atoms with Crippen molar-refractivity contribution in [2.45, 2.75) is 0 Å². The zero-order valence-electron chi connectivity index (χ0n) is 29.0. The molecule has 0 saturated heterocycles. The highest BCUT2D eigenvalue weighted by Gasteiger charge is 2.29. The molecule has 11 aromatic rings. The third-order valence-corrected chi connectivity index (χ3v) is 11.2. The van der Waals surface area contributed by atoms with Crippen molar-refractivity contribution in [2.75, 3.05) is 0 Å². The average Bonchev–Trinajstić information content (AvgIpc) is 3.56. The monoisotopic (exact) mass is 684 g/mol. The van der Waals surface area contributed by atoms with Gasteiger partial charge < -0.3 is 0 Å². The largest absolute Gasteiger partial charge is 0.227 e. The third-order valence-electron chi connectivity index (χ3n) is 11.2. The second-order valence-corrected chi connectivity index (χ2v) is 14.1. The van der Waals surface area contributed by atoms with Crippen LogP contribution < -0.4 is 0 Å². The fourth-order valence-corrected chi connectivity index (χ4v) is 8.89. The molecule has 1 aliphatic carbocycles. The molecule has 248 valence electrons. The van der Waals surface area contributed by atoms with Crippen LogP contribution >= 0.6 is 0 Å². The molecule has 0 aliphatic heterocycles. The molecule has 4 nitrogen and oxygen atoms in total. The van der Waals surface area contributed by atoms with Gasteiger partial charge in [0.1, 0.15) is 0 Å². The molecule has 0 atom stereocenters. The van der Waals surface area contributed by atoms with Gasteiger partial charge in [-0.2, -0.15) is 0 Å². The van der Waals surface area contributed by atoms with Crippen molar-refractivity contribution in [3.63, 3.8) is 0 Å². The second-order valence-electron chi connectivity index (χ2n) is 14.1. The molecule has 0 fully saturated rings. The number of hydrogen-bond acceptors (Lipinski definition) is 4. The second kappa shape index (κ2) is 11.1. The lowest BCUT2D eigenvalue weighted by molar-refractivity contribution is 1.17. The van der Waals surface area contributed by atoms with Crippen molar-refractivity contribution in [1.29, 1.82) is 0 Å². The first-order valence-corrected chi connectivity index (χ1v) is 18.3. The highest BCUT2D eigenvalue weighted by molar-refractivity contribution is 6.26. The molecule has 1 aliphatic rings. The van der Waals surface area contributed by atoms with Crippen LogP contribution in [-0.4, -0.2) is 19.9 Å². The zero-order valence-corrected chi connectivity index (χ0v) is 29.0. The summed E-state index contributed by atoms with van der Waals surface area (Å²) in [5, 5.41) is 12.8. The summed E-state index contributed by atoms with van der Waals surface area (Å²) in [6, 6.07) is 60.3. The van der Waals surface area contributed by atoms with Crippen molar-refractivity contribution in [2.24, 2.45) is 0 Å². The Hall–Kier alpha value is -7.30. The van der Waals surface area contributed by atoms with E-state index in [1.807, 2.05) is 0 Å². The van der Waals surface area contributed by atoms with Gasteiger partial charge in [0.25, 0.3) is 0 Å². The first-order valence-electron chi connectivity index (χ1n) is 18.3. The van der Waals surface area contributed by atoms with Crippen molar-refractivity contribution < 1.29 is 0 Å². The van der Waals surface area contributed by atoms with E-state index in [0.717, 1.165) is 60.6 Å². The molecule has 12 rings (SSSR count). The van der Waals surface area contributed by atoms with E-state index in [0.29, 0.717) is 17.3 Å². The number of hydrogen-bond donors (Lipinski definition) is 0. The molecule has 0 spiro atoms. The molecule has 2 aromatic heterocycles. The zero-order chi connectivity index (χ0) is 35.3. The van der Waals surface area contributed by atoms with Gasteiger partial charge in [-0.15, -0.1) is 0 Å². The van der Waals surface area contributed by atoms with Crippen LogP contribution in [0.15, 0.2) is 170 Å². The topological polar surface area (TPSA) is 51.6 Å². The minimum absolute atomic E-state index is 0.648.